The van der Waals surface area contributed by atoms with E-state index < -0.39 is 11.7 Å². The first-order valence-electron chi connectivity index (χ1n) is 5.12. The second-order valence-electron chi connectivity index (χ2n) is 3.95. The van der Waals surface area contributed by atoms with Crippen molar-refractivity contribution in [1.29, 1.82) is 0 Å². The van der Waals surface area contributed by atoms with Crippen LogP contribution in [0.5, 0.6) is 0 Å². The van der Waals surface area contributed by atoms with Gasteiger partial charge in [0.25, 0.3) is 0 Å². The second kappa shape index (κ2) is 5.56. The predicted molar refractivity (Wildman–Crippen MR) is 56.2 cm³/mol. The molecule has 98 valence electrons. The summed E-state index contributed by atoms with van der Waals surface area (Å²) in [7, 11) is 1.86. The van der Waals surface area contributed by atoms with Crippen LogP contribution in [0, 0.1) is 0 Å². The molecule has 2 nitrogen and oxygen atoms in total. The van der Waals surface area contributed by atoms with Crippen molar-refractivity contribution in [1.82, 2.24) is 4.57 Å². The fourth-order valence-corrected chi connectivity index (χ4v) is 1.65. The molecule has 0 unspecified atom stereocenters. The Balaban J connectivity index is 0.00000162. The van der Waals surface area contributed by atoms with Crippen LogP contribution in [0.3, 0.4) is 0 Å². The number of halogens is 4. The zero-order chi connectivity index (χ0) is 12.5. The number of hydrogen-bond acceptors (Lipinski definition) is 0. The van der Waals surface area contributed by atoms with Gasteiger partial charge in [-0.25, -0.2) is 9.13 Å². The average Bonchev–Trinajstić information content (AvgIpc) is 2.63. The van der Waals surface area contributed by atoms with Gasteiger partial charge in [-0.15, -0.1) is 0 Å². The Morgan fingerprint density at radius 2 is 2.00 bits per heavy atom. The van der Waals surface area contributed by atoms with Crippen LogP contribution < -0.4 is 21.5 Å². The topological polar surface area (TPSA) is 8.81 Å². The number of aryl methyl sites for hydroxylation is 1. The quantitative estimate of drug-likeness (QED) is 0.653. The van der Waals surface area contributed by atoms with Crippen LogP contribution in [0.15, 0.2) is 43.0 Å². The summed E-state index contributed by atoms with van der Waals surface area (Å²) in [6, 6.07) is 5.38. The summed E-state index contributed by atoms with van der Waals surface area (Å²) in [6.45, 7) is 0.435. The Hall–Kier alpha value is -1.30. The summed E-state index contributed by atoms with van der Waals surface area (Å²) in [5.41, 5.74) is 0.0301. The van der Waals surface area contributed by atoms with Crippen molar-refractivity contribution in [3.63, 3.8) is 0 Å². The van der Waals surface area contributed by atoms with Crippen molar-refractivity contribution in [2.24, 2.45) is 7.05 Å². The molecule has 1 aromatic heterocycles. The van der Waals surface area contributed by atoms with Crippen LogP contribution in [0.4, 0.5) is 13.2 Å². The number of imidazole rings is 1. The zero-order valence-electron chi connectivity index (χ0n) is 9.65. The average molecular weight is 321 g/mol. The molecule has 1 aromatic carbocycles. The summed E-state index contributed by atoms with van der Waals surface area (Å²) in [5, 5.41) is 0. The van der Waals surface area contributed by atoms with Crippen molar-refractivity contribution < 1.29 is 34.7 Å². The smallest absolute Gasteiger partial charge is 0.416 e. The van der Waals surface area contributed by atoms with Gasteiger partial charge < -0.3 is 17.0 Å². The first kappa shape index (κ1) is 14.8. The molecule has 0 fully saturated rings. The molecule has 0 radical (unpaired) electrons. The highest BCUT2D eigenvalue weighted by molar-refractivity contribution is 5.25. The fourth-order valence-electron chi connectivity index (χ4n) is 1.65. The van der Waals surface area contributed by atoms with E-state index in [1.165, 1.54) is 12.1 Å². The highest BCUT2D eigenvalue weighted by Gasteiger charge is 2.30. The number of benzene rings is 1. The molecule has 1 heterocycles. The van der Waals surface area contributed by atoms with E-state index >= 15 is 0 Å². The lowest BCUT2D eigenvalue weighted by molar-refractivity contribution is -0.671. The Morgan fingerprint density at radius 1 is 1.28 bits per heavy atom. The molecule has 2 aromatic rings. The molecule has 0 saturated carbocycles. The van der Waals surface area contributed by atoms with Crippen molar-refractivity contribution in [3.8, 4) is 0 Å². The Labute approximate surface area is 113 Å². The van der Waals surface area contributed by atoms with Crippen LogP contribution in [0.2, 0.25) is 0 Å². The van der Waals surface area contributed by atoms with Gasteiger partial charge in [0.1, 0.15) is 18.9 Å². The normalized spacial score (nSPS) is 11.1. The van der Waals surface area contributed by atoms with Crippen LogP contribution in [-0.4, -0.2) is 4.57 Å². The monoisotopic (exact) mass is 320 g/mol. The second-order valence-corrected chi connectivity index (χ2v) is 3.95. The number of aromatic nitrogens is 2. The van der Waals surface area contributed by atoms with Crippen LogP contribution in [-0.2, 0) is 19.8 Å². The lowest BCUT2D eigenvalue weighted by Crippen LogP contribution is -3.00. The lowest BCUT2D eigenvalue weighted by atomic mass is 10.1. The van der Waals surface area contributed by atoms with Gasteiger partial charge in [0.15, 0.2) is 0 Å². The van der Waals surface area contributed by atoms with E-state index in [0.717, 1.165) is 6.07 Å². The van der Waals surface area contributed by atoms with E-state index in [0.29, 0.717) is 12.1 Å². The van der Waals surface area contributed by atoms with Crippen LogP contribution in [0.25, 0.3) is 0 Å². The van der Waals surface area contributed by atoms with Gasteiger partial charge in [-0.05, 0) is 17.7 Å². The summed E-state index contributed by atoms with van der Waals surface area (Å²) in [6.07, 6.45) is 1.20. The zero-order valence-corrected chi connectivity index (χ0v) is 11.2. The number of nitrogens with zero attached hydrogens (tertiary/aromatic N) is 2. The van der Waals surface area contributed by atoms with Gasteiger partial charge in [-0.2, -0.15) is 13.2 Å². The minimum atomic E-state index is -4.28. The molecular formula is C12H12BrF3N2. The van der Waals surface area contributed by atoms with Crippen molar-refractivity contribution in [3.05, 3.63) is 54.1 Å². The maximum absolute atomic E-state index is 12.5. The summed E-state index contributed by atoms with van der Waals surface area (Å²) >= 11 is 0. The van der Waals surface area contributed by atoms with Gasteiger partial charge in [0.2, 0.25) is 6.33 Å². The molecule has 0 bridgehead atoms. The van der Waals surface area contributed by atoms with Gasteiger partial charge in [-0.3, -0.25) is 0 Å². The Bertz CT molecular complexity index is 520. The van der Waals surface area contributed by atoms with E-state index in [4.69, 9.17) is 0 Å². The fraction of sp³-hybridized carbons (Fsp3) is 0.250. The van der Waals surface area contributed by atoms with E-state index in [1.807, 2.05) is 34.9 Å². The third-order valence-corrected chi connectivity index (χ3v) is 2.44. The predicted octanol–water partition coefficient (Wildman–Crippen LogP) is -0.616. The van der Waals surface area contributed by atoms with Crippen molar-refractivity contribution >= 4 is 0 Å². The highest BCUT2D eigenvalue weighted by Crippen LogP contribution is 2.29. The van der Waals surface area contributed by atoms with Crippen molar-refractivity contribution in [2.45, 2.75) is 12.7 Å². The summed E-state index contributed by atoms with van der Waals surface area (Å²) in [5.74, 6) is 0. The molecule has 0 amide bonds. The molecule has 0 atom stereocenters. The SMILES string of the molecule is C[n+]1ccn(Cc2cccc(C(F)(F)F)c2)c1.[Br-]. The summed E-state index contributed by atoms with van der Waals surface area (Å²) < 4.78 is 41.2. The van der Waals surface area contributed by atoms with E-state index in [9.17, 15) is 13.2 Å². The van der Waals surface area contributed by atoms with Gasteiger partial charge in [-0.1, -0.05) is 12.1 Å². The minimum Gasteiger partial charge on any atom is -1.00 e. The first-order chi connectivity index (χ1) is 7.95. The van der Waals surface area contributed by atoms with E-state index in [1.54, 1.807) is 6.07 Å². The van der Waals surface area contributed by atoms with Crippen LogP contribution >= 0.6 is 0 Å². The van der Waals surface area contributed by atoms with Crippen molar-refractivity contribution in [2.75, 3.05) is 0 Å². The number of rotatable bonds is 2. The lowest BCUT2D eigenvalue weighted by Gasteiger charge is -2.07. The highest BCUT2D eigenvalue weighted by atomic mass is 79.9. The maximum atomic E-state index is 12.5. The Morgan fingerprint density at radius 3 is 2.56 bits per heavy atom. The van der Waals surface area contributed by atoms with E-state index in [-0.39, 0.29) is 17.0 Å². The molecule has 0 saturated heterocycles. The molecule has 0 N–H and O–H groups in total. The maximum Gasteiger partial charge on any atom is 0.416 e. The minimum absolute atomic E-state index is 0. The van der Waals surface area contributed by atoms with Crippen LogP contribution in [0.1, 0.15) is 11.1 Å². The third-order valence-electron chi connectivity index (χ3n) is 2.44. The largest absolute Gasteiger partial charge is 1.00 e. The molecule has 0 aliphatic heterocycles. The molecule has 0 aliphatic rings. The summed E-state index contributed by atoms with van der Waals surface area (Å²) in [4.78, 5) is 0. The van der Waals surface area contributed by atoms with Gasteiger partial charge in [0.05, 0.1) is 12.6 Å². The number of hydrogen-bond donors (Lipinski definition) is 0. The molecule has 0 aliphatic carbocycles. The van der Waals surface area contributed by atoms with Gasteiger partial charge in [0, 0.05) is 0 Å². The molecule has 6 heteroatoms. The molecular weight excluding hydrogens is 309 g/mol. The van der Waals surface area contributed by atoms with E-state index in [2.05, 4.69) is 0 Å². The molecule has 2 rings (SSSR count). The first-order valence-corrected chi connectivity index (χ1v) is 5.12. The molecule has 0 spiro atoms. The number of alkyl halides is 3. The van der Waals surface area contributed by atoms with Gasteiger partial charge >= 0.3 is 6.18 Å². The Kier molecular flexibility index (Phi) is 4.56. The standard InChI is InChI=1S/C12H12F3N2.BrH/c1-16-5-6-17(9-16)8-10-3-2-4-11(7-10)12(13,14)15;/h2-7,9H,8H2,1H3;1H/q+1;/p-1. The third kappa shape index (κ3) is 3.60. The molecule has 18 heavy (non-hydrogen) atoms.